The van der Waals surface area contributed by atoms with Crippen LogP contribution in [0.25, 0.3) is 11.3 Å². The highest BCUT2D eigenvalue weighted by molar-refractivity contribution is 7.99. The number of fused-ring (bicyclic) bond motifs is 1. The summed E-state index contributed by atoms with van der Waals surface area (Å²) in [5.74, 6) is 0.967. The molecule has 0 bridgehead atoms. The lowest BCUT2D eigenvalue weighted by Crippen LogP contribution is -2.01. The summed E-state index contributed by atoms with van der Waals surface area (Å²) in [7, 11) is 0. The van der Waals surface area contributed by atoms with E-state index in [1.165, 1.54) is 0 Å². The zero-order valence-corrected chi connectivity index (χ0v) is 9.68. The number of hydrogen-bond donors (Lipinski definition) is 0. The van der Waals surface area contributed by atoms with E-state index in [0.717, 1.165) is 16.5 Å². The molecule has 0 unspecified atom stereocenters. The van der Waals surface area contributed by atoms with Gasteiger partial charge in [0.25, 0.3) is 5.16 Å². The van der Waals surface area contributed by atoms with Crippen LogP contribution in [0.4, 0.5) is 5.82 Å². The maximum absolute atomic E-state index is 11.2. The van der Waals surface area contributed by atoms with Gasteiger partial charge in [-0.25, -0.2) is 0 Å². The monoisotopic (exact) mass is 247 g/mol. The van der Waals surface area contributed by atoms with Crippen LogP contribution in [0.15, 0.2) is 35.5 Å². The minimum absolute atomic E-state index is 0.108. The van der Waals surface area contributed by atoms with E-state index in [0.29, 0.717) is 12.2 Å². The van der Waals surface area contributed by atoms with Crippen LogP contribution in [-0.4, -0.2) is 20.2 Å². The molecule has 0 spiro atoms. The van der Waals surface area contributed by atoms with Gasteiger partial charge in [0.2, 0.25) is 0 Å². The van der Waals surface area contributed by atoms with Crippen molar-refractivity contribution in [2.45, 2.75) is 11.7 Å². The number of aromatic nitrogens is 2. The summed E-state index contributed by atoms with van der Waals surface area (Å²) in [6.45, 7) is 0.663. The molecule has 1 aromatic heterocycles. The van der Waals surface area contributed by atoms with Gasteiger partial charge in [-0.1, -0.05) is 42.1 Å². The molecule has 2 heterocycles. The Morgan fingerprint density at radius 2 is 2.12 bits per heavy atom. The topological polar surface area (TPSA) is 61.0 Å². The average Bonchev–Trinajstić information content (AvgIpc) is 2.88. The van der Waals surface area contributed by atoms with E-state index in [1.807, 2.05) is 30.3 Å². The van der Waals surface area contributed by atoms with Gasteiger partial charge in [-0.15, -0.1) is 0 Å². The number of rotatable bonds is 2. The normalized spacial score (nSPS) is 13.6. The molecule has 1 aliphatic heterocycles. The van der Waals surface area contributed by atoms with Crippen LogP contribution in [0, 0.1) is 10.1 Å². The quantitative estimate of drug-likeness (QED) is 0.604. The molecule has 0 radical (unpaired) electrons. The highest BCUT2D eigenvalue weighted by atomic mass is 32.2. The van der Waals surface area contributed by atoms with Crippen molar-refractivity contribution in [1.82, 2.24) is 9.55 Å². The van der Waals surface area contributed by atoms with Gasteiger partial charge in [-0.2, -0.15) is 9.55 Å². The third-order valence-electron chi connectivity index (χ3n) is 2.67. The third kappa shape index (κ3) is 1.61. The van der Waals surface area contributed by atoms with Crippen molar-refractivity contribution >= 4 is 17.6 Å². The SMILES string of the molecule is O=[N+]([O-])c1c(-c2ccccc2)nc2n1CCS2. The molecule has 1 aromatic carbocycles. The third-order valence-corrected chi connectivity index (χ3v) is 3.63. The van der Waals surface area contributed by atoms with Crippen molar-refractivity contribution in [2.24, 2.45) is 0 Å². The Bertz CT molecular complexity index is 580. The lowest BCUT2D eigenvalue weighted by atomic mass is 10.1. The van der Waals surface area contributed by atoms with Crippen LogP contribution in [0.5, 0.6) is 0 Å². The Hall–Kier alpha value is -1.82. The van der Waals surface area contributed by atoms with E-state index in [1.54, 1.807) is 16.3 Å². The first kappa shape index (κ1) is 10.3. The molecule has 1 aliphatic rings. The number of benzene rings is 1. The molecule has 5 nitrogen and oxygen atoms in total. The molecular formula is C11H9N3O2S. The van der Waals surface area contributed by atoms with Gasteiger partial charge in [0, 0.05) is 11.3 Å². The smallest absolute Gasteiger partial charge is 0.351 e. The molecule has 17 heavy (non-hydrogen) atoms. The first-order valence-corrected chi connectivity index (χ1v) is 6.19. The summed E-state index contributed by atoms with van der Waals surface area (Å²) in [5, 5.41) is 11.9. The van der Waals surface area contributed by atoms with Gasteiger partial charge >= 0.3 is 5.82 Å². The predicted molar refractivity (Wildman–Crippen MR) is 65.0 cm³/mol. The van der Waals surface area contributed by atoms with Gasteiger partial charge in [0.15, 0.2) is 5.69 Å². The minimum atomic E-state index is -0.343. The maximum atomic E-state index is 11.2. The molecular weight excluding hydrogens is 238 g/mol. The van der Waals surface area contributed by atoms with Crippen molar-refractivity contribution < 1.29 is 4.92 Å². The Morgan fingerprint density at radius 3 is 2.82 bits per heavy atom. The maximum Gasteiger partial charge on any atom is 0.351 e. The number of hydrogen-bond acceptors (Lipinski definition) is 4. The van der Waals surface area contributed by atoms with Gasteiger partial charge in [0.1, 0.15) is 6.54 Å². The van der Waals surface area contributed by atoms with Gasteiger partial charge in [-0.05, 0) is 4.92 Å². The Balaban J connectivity index is 2.21. The number of imidazole rings is 1. The molecule has 0 saturated heterocycles. The van der Waals surface area contributed by atoms with Crippen LogP contribution >= 0.6 is 11.8 Å². The molecule has 86 valence electrons. The lowest BCUT2D eigenvalue weighted by molar-refractivity contribution is -0.391. The number of nitro groups is 1. The molecule has 6 heteroatoms. The number of nitrogens with zero attached hydrogens (tertiary/aromatic N) is 3. The van der Waals surface area contributed by atoms with Crippen LogP contribution < -0.4 is 0 Å². The molecule has 2 aromatic rings. The van der Waals surface area contributed by atoms with Crippen LogP contribution in [0.2, 0.25) is 0 Å². The molecule has 0 fully saturated rings. The van der Waals surface area contributed by atoms with E-state index < -0.39 is 0 Å². The fraction of sp³-hybridized carbons (Fsp3) is 0.182. The van der Waals surface area contributed by atoms with E-state index in [2.05, 4.69) is 4.98 Å². The second-order valence-electron chi connectivity index (χ2n) is 3.69. The van der Waals surface area contributed by atoms with Crippen molar-refractivity contribution in [2.75, 3.05) is 5.75 Å². The van der Waals surface area contributed by atoms with Crippen LogP contribution in [0.3, 0.4) is 0 Å². The first-order chi connectivity index (χ1) is 8.27. The van der Waals surface area contributed by atoms with Crippen molar-refractivity contribution in [3.05, 3.63) is 40.4 Å². The zero-order chi connectivity index (χ0) is 11.8. The van der Waals surface area contributed by atoms with Crippen LogP contribution in [0.1, 0.15) is 0 Å². The first-order valence-electron chi connectivity index (χ1n) is 5.20. The average molecular weight is 247 g/mol. The van der Waals surface area contributed by atoms with Gasteiger partial charge in [-0.3, -0.25) is 0 Å². The molecule has 0 N–H and O–H groups in total. The molecule has 0 saturated carbocycles. The molecule has 0 amide bonds. The van der Waals surface area contributed by atoms with E-state index >= 15 is 0 Å². The van der Waals surface area contributed by atoms with Crippen molar-refractivity contribution in [3.63, 3.8) is 0 Å². The van der Waals surface area contributed by atoms with E-state index in [4.69, 9.17) is 0 Å². The fourth-order valence-corrected chi connectivity index (χ4v) is 2.88. The van der Waals surface area contributed by atoms with E-state index in [-0.39, 0.29) is 10.7 Å². The lowest BCUT2D eigenvalue weighted by Gasteiger charge is -1.99. The number of thioether (sulfide) groups is 1. The fourth-order valence-electron chi connectivity index (χ4n) is 1.94. The van der Waals surface area contributed by atoms with E-state index in [9.17, 15) is 10.1 Å². The summed E-state index contributed by atoms with van der Waals surface area (Å²) in [6, 6.07) is 9.28. The van der Waals surface area contributed by atoms with Gasteiger partial charge < -0.3 is 10.1 Å². The molecule has 3 rings (SSSR count). The Kier molecular flexibility index (Phi) is 2.36. The second-order valence-corrected chi connectivity index (χ2v) is 4.75. The summed E-state index contributed by atoms with van der Waals surface area (Å²) >= 11 is 1.56. The van der Waals surface area contributed by atoms with Crippen molar-refractivity contribution in [3.8, 4) is 11.3 Å². The highest BCUT2D eigenvalue weighted by Crippen LogP contribution is 2.37. The largest absolute Gasteiger partial charge is 0.358 e. The minimum Gasteiger partial charge on any atom is -0.358 e. The summed E-state index contributed by atoms with van der Waals surface area (Å²) in [5.41, 5.74) is 1.26. The predicted octanol–water partition coefficient (Wildman–Crippen LogP) is 2.56. The highest BCUT2D eigenvalue weighted by Gasteiger charge is 2.31. The van der Waals surface area contributed by atoms with Gasteiger partial charge in [0.05, 0.1) is 0 Å². The van der Waals surface area contributed by atoms with Crippen LogP contribution in [-0.2, 0) is 6.54 Å². The standard InChI is InChI=1S/C11H9N3O2S/c15-14(16)10-9(8-4-2-1-3-5-8)12-11-13(10)6-7-17-11/h1-5H,6-7H2. The Labute approximate surface area is 102 Å². The summed E-state index contributed by atoms with van der Waals surface area (Å²) in [4.78, 5) is 15.2. The zero-order valence-electron chi connectivity index (χ0n) is 8.87. The second kappa shape index (κ2) is 3.89. The summed E-state index contributed by atoms with van der Waals surface area (Å²) < 4.78 is 1.69. The van der Waals surface area contributed by atoms with Crippen molar-refractivity contribution in [1.29, 1.82) is 0 Å². The summed E-state index contributed by atoms with van der Waals surface area (Å²) in [6.07, 6.45) is 0. The Morgan fingerprint density at radius 1 is 1.35 bits per heavy atom. The molecule has 0 atom stereocenters. The molecule has 0 aliphatic carbocycles.